The summed E-state index contributed by atoms with van der Waals surface area (Å²) in [6.07, 6.45) is 1.49. The fourth-order valence-electron chi connectivity index (χ4n) is 1.66. The first-order valence-corrected chi connectivity index (χ1v) is 5.73. The van der Waals surface area contributed by atoms with E-state index in [0.717, 1.165) is 23.9 Å². The largest absolute Gasteiger partial charge is 0.356 e. The van der Waals surface area contributed by atoms with Gasteiger partial charge in [0.15, 0.2) is 0 Å². The quantitative estimate of drug-likeness (QED) is 0.813. The smallest absolute Gasteiger partial charge is 0.222 e. The molecule has 2 rings (SSSR count). The molecule has 1 N–H and O–H groups in total. The maximum absolute atomic E-state index is 11.3. The normalized spacial score (nSPS) is 21.9. The number of nitrogens with zero attached hydrogens (tertiary/aromatic N) is 3. The zero-order chi connectivity index (χ0) is 10.8. The van der Waals surface area contributed by atoms with Crippen LogP contribution in [0, 0.1) is 6.92 Å². The Hall–Kier alpha value is -1.17. The minimum absolute atomic E-state index is 0.224. The van der Waals surface area contributed by atoms with Crippen LogP contribution in [0.2, 0.25) is 0 Å². The predicted molar refractivity (Wildman–Crippen MR) is 58.9 cm³/mol. The van der Waals surface area contributed by atoms with Gasteiger partial charge in [0.1, 0.15) is 5.82 Å². The second-order valence-corrected chi connectivity index (χ2v) is 4.55. The number of nitrogens with one attached hydrogen (secondary N) is 1. The first-order chi connectivity index (χ1) is 7.15. The number of likely N-dealkylation sites (N-methyl/N-ethyl adjacent to an activating group) is 1. The average molecular weight is 226 g/mol. The van der Waals surface area contributed by atoms with Crippen LogP contribution in [0.3, 0.4) is 0 Å². The molecule has 1 saturated heterocycles. The van der Waals surface area contributed by atoms with Crippen molar-refractivity contribution < 1.29 is 4.79 Å². The molecule has 1 unspecified atom stereocenters. The van der Waals surface area contributed by atoms with Crippen molar-refractivity contribution in [1.29, 1.82) is 0 Å². The molecule has 1 aromatic rings. The van der Waals surface area contributed by atoms with Gasteiger partial charge in [-0.2, -0.15) is 4.37 Å². The van der Waals surface area contributed by atoms with Crippen molar-refractivity contribution in [3.8, 4) is 0 Å². The Morgan fingerprint density at radius 2 is 2.40 bits per heavy atom. The third-order valence-corrected chi connectivity index (χ3v) is 3.22. The van der Waals surface area contributed by atoms with Gasteiger partial charge in [-0.15, -0.1) is 0 Å². The molecule has 2 heterocycles. The number of carbonyl (C=O) groups excluding carboxylic acids is 1. The highest BCUT2D eigenvalue weighted by atomic mass is 32.1. The van der Waals surface area contributed by atoms with E-state index in [-0.39, 0.29) is 5.91 Å². The number of amides is 1. The predicted octanol–water partition coefficient (Wildman–Crippen LogP) is 0.879. The van der Waals surface area contributed by atoms with Crippen molar-refractivity contribution in [3.63, 3.8) is 0 Å². The molecule has 1 aromatic heterocycles. The monoisotopic (exact) mass is 226 g/mol. The van der Waals surface area contributed by atoms with Gasteiger partial charge in [0.2, 0.25) is 11.0 Å². The minimum atomic E-state index is 0.224. The number of rotatable bonds is 2. The number of aromatic nitrogens is 2. The second kappa shape index (κ2) is 4.14. The van der Waals surface area contributed by atoms with Gasteiger partial charge in [-0.1, -0.05) is 0 Å². The first-order valence-electron chi connectivity index (χ1n) is 4.96. The van der Waals surface area contributed by atoms with Gasteiger partial charge in [0, 0.05) is 37.6 Å². The molecule has 0 spiro atoms. The number of hydrogen-bond acceptors (Lipinski definition) is 5. The molecule has 0 bridgehead atoms. The summed E-state index contributed by atoms with van der Waals surface area (Å²) in [5, 5.41) is 4.15. The second-order valence-electron chi connectivity index (χ2n) is 3.80. The molecule has 0 aliphatic carbocycles. The van der Waals surface area contributed by atoms with E-state index in [1.165, 1.54) is 11.5 Å². The van der Waals surface area contributed by atoms with Gasteiger partial charge in [-0.25, -0.2) is 4.98 Å². The standard InChI is InChI=1S/C9H14N4OS/c1-6-10-9(15-12-6)11-7-3-4-8(14)13(2)5-7/h7H,3-5H2,1-2H3,(H,10,11,12). The van der Waals surface area contributed by atoms with E-state index in [4.69, 9.17) is 0 Å². The van der Waals surface area contributed by atoms with Gasteiger partial charge in [0.05, 0.1) is 0 Å². The summed E-state index contributed by atoms with van der Waals surface area (Å²) in [4.78, 5) is 17.3. The van der Waals surface area contributed by atoms with E-state index in [0.29, 0.717) is 12.5 Å². The fourth-order valence-corrected chi connectivity index (χ4v) is 2.31. The third kappa shape index (κ3) is 2.44. The molecule has 6 heteroatoms. The van der Waals surface area contributed by atoms with Crippen LogP contribution in [0.5, 0.6) is 0 Å². The van der Waals surface area contributed by atoms with Crippen molar-refractivity contribution in [2.24, 2.45) is 0 Å². The topological polar surface area (TPSA) is 58.1 Å². The Morgan fingerprint density at radius 1 is 1.60 bits per heavy atom. The first kappa shape index (κ1) is 10.4. The van der Waals surface area contributed by atoms with E-state index in [9.17, 15) is 4.79 Å². The molecule has 82 valence electrons. The van der Waals surface area contributed by atoms with E-state index in [1.54, 1.807) is 4.90 Å². The van der Waals surface area contributed by atoms with E-state index < -0.39 is 0 Å². The SMILES string of the molecule is Cc1nsc(NC2CCC(=O)N(C)C2)n1. The highest BCUT2D eigenvalue weighted by molar-refractivity contribution is 7.09. The Balaban J connectivity index is 1.93. The van der Waals surface area contributed by atoms with Crippen molar-refractivity contribution in [3.05, 3.63) is 5.82 Å². The molecule has 0 saturated carbocycles. The zero-order valence-electron chi connectivity index (χ0n) is 8.86. The molecule has 1 atom stereocenters. The minimum Gasteiger partial charge on any atom is -0.356 e. The number of aryl methyl sites for hydroxylation is 1. The summed E-state index contributed by atoms with van der Waals surface area (Å²) in [6, 6.07) is 0.306. The summed E-state index contributed by atoms with van der Waals surface area (Å²) in [5.74, 6) is 1.02. The molecular formula is C9H14N4OS. The maximum Gasteiger partial charge on any atom is 0.222 e. The lowest BCUT2D eigenvalue weighted by molar-refractivity contribution is -0.132. The van der Waals surface area contributed by atoms with Crippen molar-refractivity contribution in [2.45, 2.75) is 25.8 Å². The number of anilines is 1. The Morgan fingerprint density at radius 3 is 3.00 bits per heavy atom. The molecule has 1 fully saturated rings. The Bertz CT molecular complexity index is 365. The van der Waals surface area contributed by atoms with Crippen LogP contribution >= 0.6 is 11.5 Å². The van der Waals surface area contributed by atoms with Crippen LogP contribution < -0.4 is 5.32 Å². The summed E-state index contributed by atoms with van der Waals surface area (Å²) >= 11 is 1.37. The lowest BCUT2D eigenvalue weighted by Crippen LogP contribution is -2.43. The van der Waals surface area contributed by atoms with Crippen LogP contribution in [0.25, 0.3) is 0 Å². The van der Waals surface area contributed by atoms with Gasteiger partial charge >= 0.3 is 0 Å². The summed E-state index contributed by atoms with van der Waals surface area (Å²) in [7, 11) is 1.83. The molecular weight excluding hydrogens is 212 g/mol. The third-order valence-electron chi connectivity index (χ3n) is 2.48. The maximum atomic E-state index is 11.3. The zero-order valence-corrected chi connectivity index (χ0v) is 9.67. The summed E-state index contributed by atoms with van der Waals surface area (Å²) < 4.78 is 4.10. The van der Waals surface area contributed by atoms with Crippen LogP contribution in [-0.2, 0) is 4.79 Å². The molecule has 1 aliphatic rings. The van der Waals surface area contributed by atoms with Crippen LogP contribution in [-0.4, -0.2) is 39.8 Å². The van der Waals surface area contributed by atoms with Gasteiger partial charge in [0.25, 0.3) is 0 Å². The van der Waals surface area contributed by atoms with Gasteiger partial charge in [-0.05, 0) is 13.3 Å². The van der Waals surface area contributed by atoms with Crippen molar-refractivity contribution >= 4 is 22.6 Å². The molecule has 15 heavy (non-hydrogen) atoms. The van der Waals surface area contributed by atoms with E-state index in [2.05, 4.69) is 14.7 Å². The fraction of sp³-hybridized carbons (Fsp3) is 0.667. The molecule has 0 radical (unpaired) electrons. The highest BCUT2D eigenvalue weighted by Gasteiger charge is 2.23. The summed E-state index contributed by atoms with van der Waals surface area (Å²) in [6.45, 7) is 2.62. The van der Waals surface area contributed by atoms with Crippen molar-refractivity contribution in [2.75, 3.05) is 18.9 Å². The summed E-state index contributed by atoms with van der Waals surface area (Å²) in [5.41, 5.74) is 0. The van der Waals surface area contributed by atoms with E-state index in [1.807, 2.05) is 14.0 Å². The highest BCUT2D eigenvalue weighted by Crippen LogP contribution is 2.17. The van der Waals surface area contributed by atoms with Gasteiger partial charge < -0.3 is 10.2 Å². The Labute approximate surface area is 92.7 Å². The Kier molecular flexibility index (Phi) is 2.86. The lowest BCUT2D eigenvalue weighted by atomic mass is 10.1. The average Bonchev–Trinajstić information content (AvgIpc) is 2.58. The number of likely N-dealkylation sites (tertiary alicyclic amines) is 1. The lowest BCUT2D eigenvalue weighted by Gasteiger charge is -2.29. The van der Waals surface area contributed by atoms with Crippen LogP contribution in [0.4, 0.5) is 5.13 Å². The van der Waals surface area contributed by atoms with Crippen LogP contribution in [0.15, 0.2) is 0 Å². The number of carbonyl (C=O) groups is 1. The van der Waals surface area contributed by atoms with Gasteiger partial charge in [-0.3, -0.25) is 4.79 Å². The molecule has 1 aliphatic heterocycles. The van der Waals surface area contributed by atoms with E-state index >= 15 is 0 Å². The molecule has 0 aromatic carbocycles. The number of hydrogen-bond donors (Lipinski definition) is 1. The van der Waals surface area contributed by atoms with Crippen LogP contribution in [0.1, 0.15) is 18.7 Å². The number of piperidine rings is 1. The molecule has 5 nitrogen and oxygen atoms in total. The molecule has 1 amide bonds. The van der Waals surface area contributed by atoms with Crippen molar-refractivity contribution in [1.82, 2.24) is 14.3 Å².